The number of hydrogen-bond acceptors (Lipinski definition) is 3. The lowest BCUT2D eigenvalue weighted by molar-refractivity contribution is -0.135. The van der Waals surface area contributed by atoms with Crippen LogP contribution in [-0.2, 0) is 16.0 Å². The van der Waals surface area contributed by atoms with E-state index in [2.05, 4.69) is 22.8 Å². The fourth-order valence-electron chi connectivity index (χ4n) is 3.91. The summed E-state index contributed by atoms with van der Waals surface area (Å²) in [6.07, 6.45) is 4.51. The molecule has 0 aliphatic carbocycles. The minimum absolute atomic E-state index is 0. The Bertz CT molecular complexity index is 623. The van der Waals surface area contributed by atoms with Crippen molar-refractivity contribution in [2.24, 2.45) is 5.92 Å². The Morgan fingerprint density at radius 3 is 2.92 bits per heavy atom. The first-order chi connectivity index (χ1) is 12.2. The molecule has 0 bridgehead atoms. The molecule has 6 heteroatoms. The first-order valence-electron chi connectivity index (χ1n) is 9.55. The van der Waals surface area contributed by atoms with Crippen molar-refractivity contribution in [1.29, 1.82) is 0 Å². The van der Waals surface area contributed by atoms with Crippen molar-refractivity contribution in [3.05, 3.63) is 35.4 Å². The van der Waals surface area contributed by atoms with Gasteiger partial charge in [0.1, 0.15) is 6.04 Å². The highest BCUT2D eigenvalue weighted by molar-refractivity contribution is 5.85. The summed E-state index contributed by atoms with van der Waals surface area (Å²) in [5, 5.41) is 6.41. The number of nitrogens with zero attached hydrogens (tertiary/aromatic N) is 1. The Morgan fingerprint density at radius 1 is 1.31 bits per heavy atom. The molecule has 3 rings (SSSR count). The standard InChI is InChI=1S/C20H29N3O2.ClH/c1-2-6-18(24)22-13-15-7-5-12-23(14-15)20(25)19-17-9-4-3-8-16(17)10-11-21-19;/h3-4,8-9,15,19,21H,2,5-7,10-14H2,1H3,(H,22,24);1H. The van der Waals surface area contributed by atoms with Gasteiger partial charge in [-0.2, -0.15) is 0 Å². The van der Waals surface area contributed by atoms with Gasteiger partial charge in [0.25, 0.3) is 0 Å². The van der Waals surface area contributed by atoms with E-state index in [-0.39, 0.29) is 30.3 Å². The first kappa shape index (κ1) is 20.7. The van der Waals surface area contributed by atoms with Crippen LogP contribution in [-0.4, -0.2) is 42.9 Å². The van der Waals surface area contributed by atoms with E-state index in [0.717, 1.165) is 50.9 Å². The van der Waals surface area contributed by atoms with Gasteiger partial charge in [0.2, 0.25) is 11.8 Å². The molecule has 1 fully saturated rings. The number of hydrogen-bond donors (Lipinski definition) is 2. The third-order valence-electron chi connectivity index (χ3n) is 5.25. The van der Waals surface area contributed by atoms with Crippen LogP contribution < -0.4 is 10.6 Å². The lowest BCUT2D eigenvalue weighted by Gasteiger charge is -2.36. The number of amides is 2. The normalized spacial score (nSPS) is 22.1. The van der Waals surface area contributed by atoms with Crippen LogP contribution in [0.5, 0.6) is 0 Å². The quantitative estimate of drug-likeness (QED) is 0.826. The maximum absolute atomic E-state index is 13.1. The van der Waals surface area contributed by atoms with Crippen molar-refractivity contribution in [2.75, 3.05) is 26.2 Å². The summed E-state index contributed by atoms with van der Waals surface area (Å²) in [7, 11) is 0. The summed E-state index contributed by atoms with van der Waals surface area (Å²) in [5.41, 5.74) is 2.40. The Balaban J connectivity index is 0.00000243. The van der Waals surface area contributed by atoms with Gasteiger partial charge in [0.15, 0.2) is 0 Å². The zero-order valence-electron chi connectivity index (χ0n) is 15.5. The number of carbonyl (C=O) groups is 2. The molecular weight excluding hydrogens is 350 g/mol. The Kier molecular flexibility index (Phi) is 7.91. The predicted octanol–water partition coefficient (Wildman–Crippen LogP) is 2.45. The van der Waals surface area contributed by atoms with Crippen LogP contribution in [0.4, 0.5) is 0 Å². The monoisotopic (exact) mass is 379 g/mol. The van der Waals surface area contributed by atoms with Gasteiger partial charge >= 0.3 is 0 Å². The minimum atomic E-state index is -0.224. The second-order valence-corrected chi connectivity index (χ2v) is 7.18. The van der Waals surface area contributed by atoms with E-state index < -0.39 is 0 Å². The van der Waals surface area contributed by atoms with Crippen molar-refractivity contribution in [3.8, 4) is 0 Å². The molecular formula is C20H30ClN3O2. The molecule has 0 saturated carbocycles. The van der Waals surface area contributed by atoms with Gasteiger partial charge in [-0.15, -0.1) is 12.4 Å². The molecule has 2 aliphatic heterocycles. The molecule has 1 saturated heterocycles. The third kappa shape index (κ3) is 4.98. The van der Waals surface area contributed by atoms with Crippen LogP contribution in [0.25, 0.3) is 0 Å². The lowest BCUT2D eigenvalue weighted by atomic mass is 9.92. The number of nitrogens with one attached hydrogen (secondary N) is 2. The van der Waals surface area contributed by atoms with Crippen molar-refractivity contribution in [2.45, 2.75) is 45.1 Å². The second kappa shape index (κ2) is 9.93. The molecule has 1 aromatic rings. The molecule has 0 spiro atoms. The third-order valence-corrected chi connectivity index (χ3v) is 5.25. The van der Waals surface area contributed by atoms with Crippen molar-refractivity contribution in [3.63, 3.8) is 0 Å². The molecule has 0 radical (unpaired) electrons. The number of benzene rings is 1. The molecule has 144 valence electrons. The maximum atomic E-state index is 13.1. The molecule has 2 aliphatic rings. The van der Waals surface area contributed by atoms with E-state index in [4.69, 9.17) is 0 Å². The fraction of sp³-hybridized carbons (Fsp3) is 0.600. The molecule has 0 aromatic heterocycles. The van der Waals surface area contributed by atoms with Crippen LogP contribution in [0, 0.1) is 5.92 Å². The molecule has 26 heavy (non-hydrogen) atoms. The summed E-state index contributed by atoms with van der Waals surface area (Å²) in [4.78, 5) is 26.7. The molecule has 2 N–H and O–H groups in total. The van der Waals surface area contributed by atoms with E-state index in [1.165, 1.54) is 5.56 Å². The largest absolute Gasteiger partial charge is 0.356 e. The van der Waals surface area contributed by atoms with Gasteiger partial charge < -0.3 is 15.5 Å². The van der Waals surface area contributed by atoms with Gasteiger partial charge in [0, 0.05) is 32.6 Å². The number of fused-ring (bicyclic) bond motifs is 1. The maximum Gasteiger partial charge on any atom is 0.244 e. The second-order valence-electron chi connectivity index (χ2n) is 7.18. The van der Waals surface area contributed by atoms with Crippen LogP contribution in [0.15, 0.2) is 24.3 Å². The summed E-state index contributed by atoms with van der Waals surface area (Å²) in [6, 6.07) is 8.02. The van der Waals surface area contributed by atoms with E-state index in [1.807, 2.05) is 24.0 Å². The highest BCUT2D eigenvalue weighted by atomic mass is 35.5. The molecule has 2 amide bonds. The van der Waals surface area contributed by atoms with Gasteiger partial charge in [0.05, 0.1) is 0 Å². The van der Waals surface area contributed by atoms with Crippen molar-refractivity contribution >= 4 is 24.2 Å². The summed E-state index contributed by atoms with van der Waals surface area (Å²) < 4.78 is 0. The number of rotatable bonds is 5. The molecule has 2 heterocycles. The Labute approximate surface area is 162 Å². The van der Waals surface area contributed by atoms with Crippen LogP contribution in [0.1, 0.15) is 49.8 Å². The average Bonchev–Trinajstić information content (AvgIpc) is 2.66. The summed E-state index contributed by atoms with van der Waals surface area (Å²) >= 11 is 0. The predicted molar refractivity (Wildman–Crippen MR) is 105 cm³/mol. The van der Waals surface area contributed by atoms with E-state index in [1.54, 1.807) is 0 Å². The van der Waals surface area contributed by atoms with Gasteiger partial charge in [-0.25, -0.2) is 0 Å². The van der Waals surface area contributed by atoms with Gasteiger partial charge in [-0.05, 0) is 42.7 Å². The molecule has 2 unspecified atom stereocenters. The van der Waals surface area contributed by atoms with Crippen LogP contribution >= 0.6 is 12.4 Å². The highest BCUT2D eigenvalue weighted by Gasteiger charge is 2.32. The van der Waals surface area contributed by atoms with E-state index in [9.17, 15) is 9.59 Å². The Morgan fingerprint density at radius 2 is 2.12 bits per heavy atom. The van der Waals surface area contributed by atoms with Crippen LogP contribution in [0.3, 0.4) is 0 Å². The van der Waals surface area contributed by atoms with Crippen molar-refractivity contribution in [1.82, 2.24) is 15.5 Å². The SMILES string of the molecule is CCCC(=O)NCC1CCCN(C(=O)C2NCCc3ccccc32)C1.Cl. The highest BCUT2D eigenvalue weighted by Crippen LogP contribution is 2.26. The average molecular weight is 380 g/mol. The Hall–Kier alpha value is -1.59. The lowest BCUT2D eigenvalue weighted by Crippen LogP contribution is -2.49. The fourth-order valence-corrected chi connectivity index (χ4v) is 3.91. The number of piperidine rings is 1. The van der Waals surface area contributed by atoms with Crippen molar-refractivity contribution < 1.29 is 9.59 Å². The summed E-state index contributed by atoms with van der Waals surface area (Å²) in [5.74, 6) is 0.655. The van der Waals surface area contributed by atoms with Gasteiger partial charge in [-0.3, -0.25) is 9.59 Å². The van der Waals surface area contributed by atoms with E-state index in [0.29, 0.717) is 18.9 Å². The molecule has 1 aromatic carbocycles. The van der Waals surface area contributed by atoms with Gasteiger partial charge in [-0.1, -0.05) is 31.2 Å². The number of carbonyl (C=O) groups excluding carboxylic acids is 2. The van der Waals surface area contributed by atoms with E-state index >= 15 is 0 Å². The zero-order valence-corrected chi connectivity index (χ0v) is 16.3. The molecule has 2 atom stereocenters. The smallest absolute Gasteiger partial charge is 0.244 e. The minimum Gasteiger partial charge on any atom is -0.356 e. The topological polar surface area (TPSA) is 61.4 Å². The zero-order chi connectivity index (χ0) is 17.6. The molecule has 5 nitrogen and oxygen atoms in total. The van der Waals surface area contributed by atoms with Crippen LogP contribution in [0.2, 0.25) is 0 Å². The number of halogens is 1. The summed E-state index contributed by atoms with van der Waals surface area (Å²) in [6.45, 7) is 5.09. The number of likely N-dealkylation sites (tertiary alicyclic amines) is 1. The first-order valence-corrected chi connectivity index (χ1v) is 9.55.